The minimum absolute atomic E-state index is 0.181. The van der Waals surface area contributed by atoms with Crippen LogP contribution in [0.4, 0.5) is 10.1 Å². The Morgan fingerprint density at radius 2 is 2.04 bits per heavy atom. The molecule has 0 heterocycles. The fraction of sp³-hybridized carbons (Fsp3) is 0.333. The SMILES string of the molecule is COc1cc(Cl)c(C)cc1NC(=O)[C@H](C)Oc1ccc(F)c2c1C(=O)C[C@H]2C. The average Bonchev–Trinajstić information content (AvgIpc) is 2.95. The van der Waals surface area contributed by atoms with Gasteiger partial charge in [0.2, 0.25) is 0 Å². The molecule has 0 unspecified atom stereocenters. The summed E-state index contributed by atoms with van der Waals surface area (Å²) >= 11 is 6.08. The lowest BCUT2D eigenvalue weighted by Gasteiger charge is -2.18. The Balaban J connectivity index is 1.82. The smallest absolute Gasteiger partial charge is 0.265 e. The second-order valence-corrected chi connectivity index (χ2v) is 7.32. The molecule has 7 heteroatoms. The molecular formula is C21H21ClFNO4. The maximum atomic E-state index is 14.1. The van der Waals surface area contributed by atoms with Crippen LogP contribution in [0.2, 0.25) is 5.02 Å². The van der Waals surface area contributed by atoms with E-state index in [0.29, 0.717) is 22.0 Å². The molecule has 2 atom stereocenters. The van der Waals surface area contributed by atoms with Crippen molar-refractivity contribution in [2.45, 2.75) is 39.2 Å². The molecule has 1 N–H and O–H groups in total. The number of fused-ring (bicyclic) bond motifs is 1. The van der Waals surface area contributed by atoms with E-state index in [0.717, 1.165) is 5.56 Å². The number of carbonyl (C=O) groups excluding carboxylic acids is 2. The minimum Gasteiger partial charge on any atom is -0.495 e. The van der Waals surface area contributed by atoms with Crippen LogP contribution in [-0.4, -0.2) is 24.9 Å². The lowest BCUT2D eigenvalue weighted by Crippen LogP contribution is -2.30. The number of amides is 1. The predicted molar refractivity (Wildman–Crippen MR) is 105 cm³/mol. The summed E-state index contributed by atoms with van der Waals surface area (Å²) in [6.07, 6.45) is -0.687. The molecule has 0 saturated carbocycles. The molecule has 2 aromatic carbocycles. The van der Waals surface area contributed by atoms with Gasteiger partial charge >= 0.3 is 0 Å². The number of anilines is 1. The normalized spacial score (nSPS) is 16.5. The van der Waals surface area contributed by atoms with Gasteiger partial charge < -0.3 is 14.8 Å². The highest BCUT2D eigenvalue weighted by atomic mass is 35.5. The Morgan fingerprint density at radius 1 is 1.32 bits per heavy atom. The molecule has 2 aromatic rings. The molecule has 0 bridgehead atoms. The maximum Gasteiger partial charge on any atom is 0.265 e. The van der Waals surface area contributed by atoms with Crippen LogP contribution >= 0.6 is 11.6 Å². The first-order valence-corrected chi connectivity index (χ1v) is 9.28. The van der Waals surface area contributed by atoms with E-state index in [1.54, 1.807) is 26.0 Å². The van der Waals surface area contributed by atoms with Crippen LogP contribution in [0.3, 0.4) is 0 Å². The topological polar surface area (TPSA) is 64.6 Å². The van der Waals surface area contributed by atoms with Crippen molar-refractivity contribution in [2.75, 3.05) is 12.4 Å². The fourth-order valence-corrected chi connectivity index (χ4v) is 3.49. The number of ketones is 1. The summed E-state index contributed by atoms with van der Waals surface area (Å²) in [6.45, 7) is 5.16. The number of halogens is 2. The average molecular weight is 406 g/mol. The summed E-state index contributed by atoms with van der Waals surface area (Å²) in [5, 5.41) is 3.26. The number of Topliss-reactive ketones (excluding diaryl/α,β-unsaturated/α-hetero) is 1. The molecule has 0 saturated heterocycles. The largest absolute Gasteiger partial charge is 0.495 e. The van der Waals surface area contributed by atoms with Crippen LogP contribution < -0.4 is 14.8 Å². The highest BCUT2D eigenvalue weighted by molar-refractivity contribution is 6.31. The van der Waals surface area contributed by atoms with Crippen molar-refractivity contribution in [1.29, 1.82) is 0 Å². The van der Waals surface area contributed by atoms with Gasteiger partial charge in [0, 0.05) is 23.1 Å². The molecule has 0 aromatic heterocycles. The third-order valence-electron chi connectivity index (χ3n) is 4.83. The summed E-state index contributed by atoms with van der Waals surface area (Å²) in [4.78, 5) is 24.9. The molecule has 0 aliphatic heterocycles. The number of ether oxygens (including phenoxy) is 2. The monoisotopic (exact) mass is 405 g/mol. The number of methoxy groups -OCH3 is 1. The zero-order valence-corrected chi connectivity index (χ0v) is 16.8. The second-order valence-electron chi connectivity index (χ2n) is 6.91. The summed E-state index contributed by atoms with van der Waals surface area (Å²) < 4.78 is 25.1. The van der Waals surface area contributed by atoms with E-state index >= 15 is 0 Å². The van der Waals surface area contributed by atoms with Gasteiger partial charge in [-0.3, -0.25) is 9.59 Å². The van der Waals surface area contributed by atoms with Crippen molar-refractivity contribution in [3.8, 4) is 11.5 Å². The molecular weight excluding hydrogens is 385 g/mol. The molecule has 1 aliphatic rings. The Labute approximate surface area is 167 Å². The maximum absolute atomic E-state index is 14.1. The first-order chi connectivity index (χ1) is 13.2. The van der Waals surface area contributed by atoms with E-state index in [9.17, 15) is 14.0 Å². The van der Waals surface area contributed by atoms with E-state index in [1.807, 2.05) is 6.92 Å². The van der Waals surface area contributed by atoms with E-state index in [2.05, 4.69) is 5.32 Å². The van der Waals surface area contributed by atoms with Gasteiger partial charge in [0.25, 0.3) is 5.91 Å². The van der Waals surface area contributed by atoms with Gasteiger partial charge in [-0.25, -0.2) is 4.39 Å². The molecule has 0 fully saturated rings. The predicted octanol–water partition coefficient (Wildman–Crippen LogP) is 4.89. The Kier molecular flexibility index (Phi) is 5.61. The molecule has 0 spiro atoms. The van der Waals surface area contributed by atoms with E-state index in [4.69, 9.17) is 21.1 Å². The molecule has 1 aliphatic carbocycles. The van der Waals surface area contributed by atoms with Crippen molar-refractivity contribution < 1.29 is 23.5 Å². The summed E-state index contributed by atoms with van der Waals surface area (Å²) in [5.41, 5.74) is 1.82. The van der Waals surface area contributed by atoms with Gasteiger partial charge in [-0.2, -0.15) is 0 Å². The van der Waals surface area contributed by atoms with Gasteiger partial charge in [-0.05, 0) is 43.5 Å². The first kappa shape index (κ1) is 20.1. The first-order valence-electron chi connectivity index (χ1n) is 8.90. The van der Waals surface area contributed by atoms with Gasteiger partial charge in [-0.15, -0.1) is 0 Å². The number of hydrogen-bond donors (Lipinski definition) is 1. The van der Waals surface area contributed by atoms with Crippen LogP contribution in [0.5, 0.6) is 11.5 Å². The lowest BCUT2D eigenvalue weighted by molar-refractivity contribution is -0.122. The van der Waals surface area contributed by atoms with E-state index in [-0.39, 0.29) is 29.4 Å². The number of carbonyl (C=O) groups is 2. The zero-order chi connectivity index (χ0) is 20.6. The van der Waals surface area contributed by atoms with Crippen LogP contribution in [-0.2, 0) is 4.79 Å². The van der Waals surface area contributed by atoms with Crippen LogP contribution in [0.25, 0.3) is 0 Å². The van der Waals surface area contributed by atoms with Gasteiger partial charge in [-0.1, -0.05) is 18.5 Å². The molecule has 148 valence electrons. The van der Waals surface area contributed by atoms with Crippen molar-refractivity contribution in [2.24, 2.45) is 0 Å². The number of aryl methyl sites for hydroxylation is 1. The van der Waals surface area contributed by atoms with Crippen LogP contribution in [0.1, 0.15) is 47.7 Å². The number of hydrogen-bond acceptors (Lipinski definition) is 4. The summed E-state index contributed by atoms with van der Waals surface area (Å²) in [5.74, 6) is -0.623. The Bertz CT molecular complexity index is 960. The lowest BCUT2D eigenvalue weighted by atomic mass is 10.0. The molecule has 28 heavy (non-hydrogen) atoms. The zero-order valence-electron chi connectivity index (χ0n) is 16.1. The Hall–Kier alpha value is -2.60. The molecule has 5 nitrogen and oxygen atoms in total. The van der Waals surface area contributed by atoms with Crippen molar-refractivity contribution in [1.82, 2.24) is 0 Å². The molecule has 3 rings (SSSR count). The minimum atomic E-state index is -0.918. The van der Waals surface area contributed by atoms with Crippen molar-refractivity contribution in [3.05, 3.63) is 51.8 Å². The van der Waals surface area contributed by atoms with Crippen molar-refractivity contribution >= 4 is 29.0 Å². The summed E-state index contributed by atoms with van der Waals surface area (Å²) in [6, 6.07) is 5.97. The van der Waals surface area contributed by atoms with Crippen LogP contribution in [0.15, 0.2) is 24.3 Å². The van der Waals surface area contributed by atoms with Crippen molar-refractivity contribution in [3.63, 3.8) is 0 Å². The highest BCUT2D eigenvalue weighted by Gasteiger charge is 2.33. The van der Waals surface area contributed by atoms with E-state index < -0.39 is 17.8 Å². The Morgan fingerprint density at radius 3 is 2.71 bits per heavy atom. The fourth-order valence-electron chi connectivity index (χ4n) is 3.33. The standard InChI is InChI=1S/C21H21ClFNO4/c1-10-7-15(18(27-4)9-13(10)22)24-21(26)12(3)28-17-6-5-14(23)19-11(2)8-16(25)20(17)19/h5-7,9,11-12H,8H2,1-4H3,(H,24,26)/t11-,12+/m1/s1. The number of nitrogens with one attached hydrogen (secondary N) is 1. The quantitative estimate of drug-likeness (QED) is 0.769. The number of benzene rings is 2. The van der Waals surface area contributed by atoms with Gasteiger partial charge in [0.05, 0.1) is 18.4 Å². The van der Waals surface area contributed by atoms with E-state index in [1.165, 1.54) is 19.2 Å². The third kappa shape index (κ3) is 3.69. The van der Waals surface area contributed by atoms with Crippen LogP contribution in [0, 0.1) is 12.7 Å². The molecule has 0 radical (unpaired) electrons. The van der Waals surface area contributed by atoms with Gasteiger partial charge in [0.1, 0.15) is 17.3 Å². The summed E-state index contributed by atoms with van der Waals surface area (Å²) in [7, 11) is 1.48. The number of rotatable bonds is 5. The highest BCUT2D eigenvalue weighted by Crippen LogP contribution is 2.40. The third-order valence-corrected chi connectivity index (χ3v) is 5.24. The molecule has 1 amide bonds. The van der Waals surface area contributed by atoms with Gasteiger partial charge in [0.15, 0.2) is 11.9 Å². The second kappa shape index (κ2) is 7.80.